The molecule has 0 heterocycles. The highest BCUT2D eigenvalue weighted by atomic mass is 19.2. The fourth-order valence-corrected chi connectivity index (χ4v) is 7.49. The van der Waals surface area contributed by atoms with Crippen LogP contribution < -0.4 is 14.2 Å². The zero-order chi connectivity index (χ0) is 74.4. The van der Waals surface area contributed by atoms with Gasteiger partial charge in [0.05, 0.1) is 151 Å². The highest BCUT2D eigenvalue weighted by molar-refractivity contribution is 6.37. The Kier molecular flexibility index (Phi) is 42.0. The molecule has 0 radical (unpaired) electrons. The summed E-state index contributed by atoms with van der Waals surface area (Å²) in [5, 5.41) is 0. The van der Waals surface area contributed by atoms with Crippen LogP contribution in [0.15, 0.2) is 0 Å². The molecule has 23 nitrogen and oxygen atoms in total. The maximum Gasteiger partial charge on any atom is 0.313 e. The second kappa shape index (κ2) is 46.6. The minimum atomic E-state index is -2.39. The van der Waals surface area contributed by atoms with E-state index in [1.807, 2.05) is 0 Å². The summed E-state index contributed by atoms with van der Waals surface area (Å²) in [4.78, 5) is 115. The van der Waals surface area contributed by atoms with Gasteiger partial charge >= 0.3 is 17.9 Å². The van der Waals surface area contributed by atoms with Gasteiger partial charge in [-0.05, 0) is 41.5 Å². The Bertz CT molecular complexity index is 2950. The van der Waals surface area contributed by atoms with E-state index < -0.39 is 176 Å². The van der Waals surface area contributed by atoms with Crippen LogP contribution >= 0.6 is 0 Å². The number of carbonyl (C=O) groups excluding carboxylic acids is 10. The van der Waals surface area contributed by atoms with E-state index in [9.17, 15) is 114 Å². The normalized spacial score (nSPS) is 11.2. The van der Waals surface area contributed by atoms with Gasteiger partial charge in [-0.3, -0.25) is 47.9 Å². The van der Waals surface area contributed by atoms with Crippen LogP contribution in [0.4, 0.5) is 65.9 Å². The first-order valence-electron chi connectivity index (χ1n) is 28.7. The quantitative estimate of drug-likeness (QED) is 0.0102. The lowest BCUT2D eigenvalue weighted by molar-refractivity contribution is -0.154. The summed E-state index contributed by atoms with van der Waals surface area (Å²) >= 11 is 0. The van der Waals surface area contributed by atoms with Crippen LogP contribution in [0.3, 0.4) is 0 Å². The molecular formula is C60H67F15O23. The number of benzene rings is 3. The monoisotopic (exact) mass is 1440 g/mol. The number of hydrogen-bond donors (Lipinski definition) is 0. The van der Waals surface area contributed by atoms with Crippen molar-refractivity contribution in [3.63, 3.8) is 0 Å². The molecule has 0 aliphatic rings. The van der Waals surface area contributed by atoms with E-state index in [1.165, 1.54) is 20.8 Å². The number of rotatable bonds is 46. The molecule has 0 aliphatic carbocycles. The number of halogens is 15. The van der Waals surface area contributed by atoms with E-state index in [4.69, 9.17) is 47.4 Å². The van der Waals surface area contributed by atoms with E-state index in [0.717, 1.165) is 20.8 Å². The molecule has 0 amide bonds. The van der Waals surface area contributed by atoms with E-state index in [-0.39, 0.29) is 156 Å². The predicted molar refractivity (Wildman–Crippen MR) is 297 cm³/mol. The molecule has 0 fully saturated rings. The van der Waals surface area contributed by atoms with Crippen molar-refractivity contribution in [2.75, 3.05) is 132 Å². The Morgan fingerprint density at radius 3 is 0.551 bits per heavy atom. The molecule has 0 saturated carbocycles. The number of hydrogen-bond acceptors (Lipinski definition) is 23. The Hall–Kier alpha value is -7.69. The summed E-state index contributed by atoms with van der Waals surface area (Å²) in [5.74, 6) is -48.6. The minimum absolute atomic E-state index is 0.00620. The number of Topliss-reactive ketones (excluding diaryl/α,β-unsaturated/α-hetero) is 7. The summed E-state index contributed by atoms with van der Waals surface area (Å²) in [6.07, 6.45) is -1.91. The number of carbonyl (C=O) groups is 10. The van der Waals surface area contributed by atoms with Crippen LogP contribution in [0, 0.1) is 98.6 Å². The Morgan fingerprint density at radius 2 is 0.398 bits per heavy atom. The molecule has 0 bridgehead atoms. The van der Waals surface area contributed by atoms with Gasteiger partial charge in [-0.1, -0.05) is 0 Å². The maximum atomic E-state index is 13.5. The van der Waals surface area contributed by atoms with Gasteiger partial charge in [0.1, 0.15) is 23.3 Å². The Morgan fingerprint density at radius 1 is 0.245 bits per heavy atom. The van der Waals surface area contributed by atoms with E-state index in [1.54, 1.807) is 0 Å². The number of esters is 3. The first kappa shape index (κ1) is 88.3. The molecule has 98 heavy (non-hydrogen) atoms. The molecule has 0 saturated heterocycles. The fraction of sp³-hybridized carbons (Fsp3) is 0.533. The highest BCUT2D eigenvalue weighted by Gasteiger charge is 2.51. The fourth-order valence-electron chi connectivity index (χ4n) is 7.49. The van der Waals surface area contributed by atoms with Crippen molar-refractivity contribution in [3.8, 4) is 17.2 Å². The van der Waals surface area contributed by atoms with Crippen LogP contribution in [0.25, 0.3) is 0 Å². The molecule has 3 aromatic carbocycles. The van der Waals surface area contributed by atoms with Crippen molar-refractivity contribution >= 4 is 58.4 Å². The molecule has 0 aromatic heterocycles. The average Bonchev–Trinajstić information content (AvgIpc) is 0.795. The van der Waals surface area contributed by atoms with Crippen molar-refractivity contribution in [3.05, 3.63) is 87.3 Å². The molecule has 0 N–H and O–H groups in total. The third kappa shape index (κ3) is 29.0. The van der Waals surface area contributed by atoms with Gasteiger partial charge in [0.15, 0.2) is 23.1 Å². The van der Waals surface area contributed by atoms with Crippen molar-refractivity contribution < 1.29 is 175 Å². The molecule has 550 valence electrons. The average molecular weight is 1440 g/mol. The summed E-state index contributed by atoms with van der Waals surface area (Å²) in [6, 6.07) is 0. The van der Waals surface area contributed by atoms with E-state index >= 15 is 0 Å². The van der Waals surface area contributed by atoms with Crippen LogP contribution in [0.5, 0.6) is 17.2 Å². The molecule has 3 rings (SSSR count). The lowest BCUT2D eigenvalue weighted by Gasteiger charge is -2.23. The lowest BCUT2D eigenvalue weighted by atomic mass is 9.72. The third-order valence-electron chi connectivity index (χ3n) is 12.2. The molecule has 0 unspecified atom stereocenters. The Labute approximate surface area is 547 Å². The van der Waals surface area contributed by atoms with Gasteiger partial charge in [0.2, 0.25) is 110 Å². The summed E-state index contributed by atoms with van der Waals surface area (Å²) in [6.45, 7) is 7.94. The zero-order valence-electron chi connectivity index (χ0n) is 53.1. The van der Waals surface area contributed by atoms with Crippen molar-refractivity contribution in [2.45, 2.75) is 67.2 Å². The first-order chi connectivity index (χ1) is 46.1. The topological polar surface area (TPSA) is 291 Å². The van der Waals surface area contributed by atoms with Gasteiger partial charge in [-0.15, -0.1) is 0 Å². The molecule has 38 heteroatoms. The summed E-state index contributed by atoms with van der Waals surface area (Å²) < 4.78 is 263. The van der Waals surface area contributed by atoms with Crippen LogP contribution in [-0.4, -0.2) is 191 Å². The predicted octanol–water partition coefficient (Wildman–Crippen LogP) is 7.29. The molecule has 3 aromatic rings. The van der Waals surface area contributed by atoms with Crippen molar-refractivity contribution in [2.24, 2.45) is 11.3 Å². The first-order valence-corrected chi connectivity index (χ1v) is 28.7. The van der Waals surface area contributed by atoms with E-state index in [2.05, 4.69) is 14.2 Å². The minimum Gasteiger partial charge on any atom is -0.420 e. The number of ether oxygens (including phenoxy) is 13. The zero-order valence-corrected chi connectivity index (χ0v) is 53.1. The number of ketones is 7. The second-order valence-corrected chi connectivity index (χ2v) is 19.3. The van der Waals surface area contributed by atoms with Gasteiger partial charge < -0.3 is 61.6 Å². The largest absolute Gasteiger partial charge is 0.420 e. The Balaban J connectivity index is 0.000000858. The standard InChI is InChI=1S/C27H33F5O11.C26H24F10O9.C7H10O3/c1-16(33)27(17(2)34,18(3)35)19(36)4-6-38-8-10-40-12-14-42-15-13-41-11-9-39-7-5-20(37)43-26-24(31)22(29)21(28)23(30)25(26)32;27-15-17(29)21(33)25(22(34)18(15)30)44-13(37)1-3-39-5-7-41-9-11-43-12-10-42-8-6-40-4-2-14(38)45-26-23(35)19(31)16(28)20(32)24(26)36;1-4(8)7(5(2)9)6(3)10/h4-15H2,1-3H3;1-12H2;7H,1-3H3. The summed E-state index contributed by atoms with van der Waals surface area (Å²) in [5.41, 5.74) is -2.28. The lowest BCUT2D eigenvalue weighted by Crippen LogP contribution is -2.50. The van der Waals surface area contributed by atoms with Gasteiger partial charge in [-0.25, -0.2) is 39.5 Å². The smallest absolute Gasteiger partial charge is 0.313 e. The summed E-state index contributed by atoms with van der Waals surface area (Å²) in [7, 11) is 0. The SMILES string of the molecule is CC(=O)C(C(C)=O)(C(C)=O)C(=O)CCOCCOCCOCCOCCOCCC(=O)Oc1c(F)c(F)c(F)c(F)c1F.CC(=O)C(C(C)=O)C(C)=O.O=C(CCOCCOCCOCCOCCOCCC(=O)Oc1c(F)c(F)c(F)c(F)c1F)Oc1c(F)c(F)c(F)c(F)c1F. The van der Waals surface area contributed by atoms with Crippen LogP contribution in [0.2, 0.25) is 0 Å². The second-order valence-electron chi connectivity index (χ2n) is 19.3. The van der Waals surface area contributed by atoms with Gasteiger partial charge in [0, 0.05) is 6.42 Å². The maximum absolute atomic E-state index is 13.5. The van der Waals surface area contributed by atoms with Crippen LogP contribution in [0.1, 0.15) is 67.2 Å². The highest BCUT2D eigenvalue weighted by Crippen LogP contribution is 2.32. The molecular weight excluding hydrogens is 1370 g/mol. The van der Waals surface area contributed by atoms with Crippen molar-refractivity contribution in [1.82, 2.24) is 0 Å². The molecule has 0 atom stereocenters. The van der Waals surface area contributed by atoms with Gasteiger partial charge in [0.25, 0.3) is 0 Å². The molecule has 0 spiro atoms. The third-order valence-corrected chi connectivity index (χ3v) is 12.2. The van der Waals surface area contributed by atoms with E-state index in [0.29, 0.717) is 0 Å². The van der Waals surface area contributed by atoms with Gasteiger partial charge in [-0.2, -0.15) is 26.3 Å². The molecule has 0 aliphatic heterocycles. The van der Waals surface area contributed by atoms with Crippen molar-refractivity contribution in [1.29, 1.82) is 0 Å². The van der Waals surface area contributed by atoms with Crippen LogP contribution in [-0.2, 0) is 95.3 Å².